The number of halogens is 1. The smallest absolute Gasteiger partial charge is 0.256 e. The molecule has 0 atom stereocenters. The van der Waals surface area contributed by atoms with Gasteiger partial charge in [0.2, 0.25) is 0 Å². The Morgan fingerprint density at radius 2 is 2.11 bits per heavy atom. The molecule has 0 saturated heterocycles. The van der Waals surface area contributed by atoms with Gasteiger partial charge in [-0.15, -0.1) is 11.6 Å². The summed E-state index contributed by atoms with van der Waals surface area (Å²) in [5, 5.41) is 4.33. The topological polar surface area (TPSA) is 64.0 Å². The van der Waals surface area contributed by atoms with Crippen molar-refractivity contribution in [2.45, 2.75) is 36.1 Å². The summed E-state index contributed by atoms with van der Waals surface area (Å²) in [6, 6.07) is 1.50. The second kappa shape index (κ2) is 5.59. The number of alkyl halides is 1. The molecule has 1 aromatic heterocycles. The molecular weight excluding hydrogens is 274 g/mol. The lowest BCUT2D eigenvalue weighted by Gasteiger charge is -2.24. The lowest BCUT2D eigenvalue weighted by Crippen LogP contribution is -2.32. The number of aryl methyl sites for hydroxylation is 1. The number of rotatable bonds is 4. The summed E-state index contributed by atoms with van der Waals surface area (Å²) in [5.74, 6) is 0.392. The first-order valence-corrected chi connectivity index (χ1v) is 8.03. The maximum Gasteiger partial charge on any atom is 0.257 e. The zero-order valence-corrected chi connectivity index (χ0v) is 11.9. The molecule has 1 heterocycles. The number of hydrogen-bond acceptors (Lipinski definition) is 3. The maximum atomic E-state index is 12.0. The fourth-order valence-electron chi connectivity index (χ4n) is 2.25. The average molecular weight is 292 g/mol. The first kappa shape index (κ1) is 13.8. The number of sulfonamides is 1. The van der Waals surface area contributed by atoms with Crippen molar-refractivity contribution in [3.8, 4) is 0 Å². The predicted octanol–water partition coefficient (Wildman–Crippen LogP) is 1.50. The van der Waals surface area contributed by atoms with Crippen LogP contribution in [-0.2, 0) is 17.1 Å². The van der Waals surface area contributed by atoms with Crippen LogP contribution >= 0.6 is 11.6 Å². The third-order valence-electron chi connectivity index (χ3n) is 3.39. The van der Waals surface area contributed by atoms with Crippen molar-refractivity contribution >= 4 is 21.6 Å². The van der Waals surface area contributed by atoms with Crippen molar-refractivity contribution in [3.63, 3.8) is 0 Å². The molecule has 1 aliphatic rings. The molecule has 1 aliphatic carbocycles. The van der Waals surface area contributed by atoms with E-state index in [0.717, 1.165) is 25.7 Å². The Balaban J connectivity index is 1.92. The van der Waals surface area contributed by atoms with E-state index >= 15 is 0 Å². The minimum atomic E-state index is -3.44. The normalized spacial score (nSPS) is 25.2. The maximum absolute atomic E-state index is 12.0. The van der Waals surface area contributed by atoms with Gasteiger partial charge in [0.1, 0.15) is 0 Å². The van der Waals surface area contributed by atoms with Crippen molar-refractivity contribution in [1.29, 1.82) is 0 Å². The second-order valence-corrected chi connectivity index (χ2v) is 7.09. The van der Waals surface area contributed by atoms with Crippen LogP contribution in [-0.4, -0.2) is 30.1 Å². The Morgan fingerprint density at radius 3 is 2.67 bits per heavy atom. The summed E-state index contributed by atoms with van der Waals surface area (Å²) in [6.07, 6.45) is 5.40. The summed E-state index contributed by atoms with van der Waals surface area (Å²) < 4.78 is 28.1. The highest BCUT2D eigenvalue weighted by Crippen LogP contribution is 2.27. The minimum absolute atomic E-state index is 0.202. The molecule has 1 N–H and O–H groups in total. The fourth-order valence-corrected chi connectivity index (χ4v) is 3.74. The second-order valence-electron chi connectivity index (χ2n) is 4.76. The standard InChI is InChI=1S/C11H18ClN3O2S/c1-15-11(6-7-13-15)18(16,17)14-8-9-2-4-10(12)5-3-9/h6-7,9-10,14H,2-5,8H2,1H3. The molecule has 1 aromatic rings. The Morgan fingerprint density at radius 1 is 1.44 bits per heavy atom. The van der Waals surface area contributed by atoms with Crippen LogP contribution in [0.3, 0.4) is 0 Å². The highest BCUT2D eigenvalue weighted by molar-refractivity contribution is 7.89. The SMILES string of the molecule is Cn1nccc1S(=O)(=O)NCC1CCC(Cl)CC1. The van der Waals surface area contributed by atoms with Gasteiger partial charge in [-0.25, -0.2) is 13.1 Å². The molecular formula is C11H18ClN3O2S. The van der Waals surface area contributed by atoms with E-state index in [9.17, 15) is 8.42 Å². The average Bonchev–Trinajstić information content (AvgIpc) is 2.76. The predicted molar refractivity (Wildman–Crippen MR) is 70.0 cm³/mol. The van der Waals surface area contributed by atoms with Crippen LogP contribution in [0.5, 0.6) is 0 Å². The Bertz CT molecular complexity index is 492. The van der Waals surface area contributed by atoms with Gasteiger partial charge in [0.05, 0.1) is 6.20 Å². The van der Waals surface area contributed by atoms with Gasteiger partial charge in [0.25, 0.3) is 10.0 Å². The number of nitrogens with zero attached hydrogens (tertiary/aromatic N) is 2. The molecule has 0 bridgehead atoms. The monoisotopic (exact) mass is 291 g/mol. The van der Waals surface area contributed by atoms with Crippen molar-refractivity contribution in [2.24, 2.45) is 13.0 Å². The minimum Gasteiger partial charge on any atom is -0.256 e. The van der Waals surface area contributed by atoms with Crippen molar-refractivity contribution in [1.82, 2.24) is 14.5 Å². The van der Waals surface area contributed by atoms with E-state index in [1.807, 2.05) is 0 Å². The van der Waals surface area contributed by atoms with E-state index < -0.39 is 10.0 Å². The van der Waals surface area contributed by atoms with E-state index in [-0.39, 0.29) is 10.4 Å². The van der Waals surface area contributed by atoms with E-state index in [0.29, 0.717) is 12.5 Å². The van der Waals surface area contributed by atoms with Crippen LogP contribution < -0.4 is 4.72 Å². The van der Waals surface area contributed by atoms with Crippen LogP contribution in [0, 0.1) is 5.92 Å². The van der Waals surface area contributed by atoms with Gasteiger partial charge < -0.3 is 0 Å². The molecule has 0 spiro atoms. The molecule has 1 fully saturated rings. The van der Waals surface area contributed by atoms with E-state index in [1.165, 1.54) is 16.9 Å². The van der Waals surface area contributed by atoms with E-state index in [1.54, 1.807) is 7.05 Å². The fraction of sp³-hybridized carbons (Fsp3) is 0.727. The lowest BCUT2D eigenvalue weighted by molar-refractivity contribution is 0.361. The van der Waals surface area contributed by atoms with Gasteiger partial charge in [0.15, 0.2) is 5.03 Å². The summed E-state index contributed by atoms with van der Waals surface area (Å²) >= 11 is 6.02. The van der Waals surface area contributed by atoms with Gasteiger partial charge in [0, 0.05) is 19.0 Å². The van der Waals surface area contributed by atoms with Gasteiger partial charge in [-0.3, -0.25) is 4.68 Å². The molecule has 2 rings (SSSR count). The molecule has 0 aromatic carbocycles. The van der Waals surface area contributed by atoms with Gasteiger partial charge >= 0.3 is 0 Å². The largest absolute Gasteiger partial charge is 0.257 e. The Hall–Kier alpha value is -0.590. The third-order valence-corrected chi connectivity index (χ3v) is 5.32. The van der Waals surface area contributed by atoms with Crippen molar-refractivity contribution < 1.29 is 8.42 Å². The first-order chi connectivity index (χ1) is 8.49. The molecule has 1 saturated carbocycles. The Kier molecular flexibility index (Phi) is 4.29. The van der Waals surface area contributed by atoms with Gasteiger partial charge in [-0.1, -0.05) is 0 Å². The summed E-state index contributed by atoms with van der Waals surface area (Å²) in [4.78, 5) is 0. The summed E-state index contributed by atoms with van der Waals surface area (Å²) in [5.41, 5.74) is 0. The quantitative estimate of drug-likeness (QED) is 0.855. The molecule has 5 nitrogen and oxygen atoms in total. The zero-order valence-electron chi connectivity index (χ0n) is 10.3. The molecule has 0 amide bonds. The Labute approximate surface area is 113 Å². The first-order valence-electron chi connectivity index (χ1n) is 6.11. The molecule has 0 aliphatic heterocycles. The highest BCUT2D eigenvalue weighted by atomic mass is 35.5. The van der Waals surface area contributed by atoms with E-state index in [2.05, 4.69) is 9.82 Å². The van der Waals surface area contributed by atoms with Crippen LogP contribution in [0.15, 0.2) is 17.3 Å². The number of hydrogen-bond donors (Lipinski definition) is 1. The summed E-state index contributed by atoms with van der Waals surface area (Å²) in [6.45, 7) is 0.483. The molecule has 102 valence electrons. The van der Waals surface area contributed by atoms with Gasteiger partial charge in [-0.05, 0) is 37.7 Å². The zero-order chi connectivity index (χ0) is 13.2. The molecule has 7 heteroatoms. The van der Waals surface area contributed by atoms with E-state index in [4.69, 9.17) is 11.6 Å². The van der Waals surface area contributed by atoms with Crippen LogP contribution in [0.25, 0.3) is 0 Å². The van der Waals surface area contributed by atoms with Crippen LogP contribution in [0.2, 0.25) is 0 Å². The highest BCUT2D eigenvalue weighted by Gasteiger charge is 2.23. The summed E-state index contributed by atoms with van der Waals surface area (Å²) in [7, 11) is -1.82. The molecule has 18 heavy (non-hydrogen) atoms. The van der Waals surface area contributed by atoms with Crippen molar-refractivity contribution in [2.75, 3.05) is 6.54 Å². The third kappa shape index (κ3) is 3.24. The number of aromatic nitrogens is 2. The van der Waals surface area contributed by atoms with Gasteiger partial charge in [-0.2, -0.15) is 5.10 Å². The van der Waals surface area contributed by atoms with Crippen LogP contribution in [0.4, 0.5) is 0 Å². The molecule has 0 radical (unpaired) electrons. The van der Waals surface area contributed by atoms with Crippen molar-refractivity contribution in [3.05, 3.63) is 12.3 Å². The molecule has 0 unspecified atom stereocenters. The number of nitrogens with one attached hydrogen (secondary N) is 1. The van der Waals surface area contributed by atoms with Crippen LogP contribution in [0.1, 0.15) is 25.7 Å². The lowest BCUT2D eigenvalue weighted by atomic mass is 9.89.